The Bertz CT molecular complexity index is 865. The van der Waals surface area contributed by atoms with Gasteiger partial charge in [-0.1, -0.05) is 70.5 Å². The van der Waals surface area contributed by atoms with E-state index in [2.05, 4.69) is 88.0 Å². The van der Waals surface area contributed by atoms with Gasteiger partial charge in [0.2, 0.25) is 0 Å². The monoisotopic (exact) mass is 395 g/mol. The van der Waals surface area contributed by atoms with Crippen molar-refractivity contribution in [3.8, 4) is 0 Å². The molecule has 1 fully saturated rings. The zero-order valence-corrected chi connectivity index (χ0v) is 15.8. The van der Waals surface area contributed by atoms with Gasteiger partial charge in [-0.25, -0.2) is 0 Å². The largest absolute Gasteiger partial charge is 0.381 e. The molecule has 0 unspecified atom stereocenters. The highest BCUT2D eigenvalue weighted by Gasteiger charge is 2.34. The van der Waals surface area contributed by atoms with Gasteiger partial charge in [-0.05, 0) is 46.9 Å². The van der Waals surface area contributed by atoms with E-state index in [1.165, 1.54) is 21.9 Å². The molecule has 0 atom stereocenters. The minimum absolute atomic E-state index is 0.0288. The van der Waals surface area contributed by atoms with E-state index in [-0.39, 0.29) is 5.54 Å². The normalized spacial score (nSPS) is 16.8. The number of nitrogens with one attached hydrogen (secondary N) is 1. The third-order valence-electron chi connectivity index (χ3n) is 5.22. The van der Waals surface area contributed by atoms with Gasteiger partial charge in [0.1, 0.15) is 0 Å². The highest BCUT2D eigenvalue weighted by molar-refractivity contribution is 9.10. The number of hydrogen-bond acceptors (Lipinski definition) is 2. The van der Waals surface area contributed by atoms with Crippen LogP contribution in [0.15, 0.2) is 71.2 Å². The fourth-order valence-electron chi connectivity index (χ4n) is 3.78. The number of hydrogen-bond donors (Lipinski definition) is 1. The van der Waals surface area contributed by atoms with E-state index >= 15 is 0 Å². The molecule has 1 aliphatic rings. The maximum absolute atomic E-state index is 5.65. The van der Waals surface area contributed by atoms with E-state index in [1.54, 1.807) is 0 Å². The first-order valence-electron chi connectivity index (χ1n) is 8.82. The second-order valence-corrected chi connectivity index (χ2v) is 7.61. The lowest BCUT2D eigenvalue weighted by molar-refractivity contribution is 0.0358. The van der Waals surface area contributed by atoms with Gasteiger partial charge in [0, 0.05) is 29.8 Å². The maximum atomic E-state index is 5.65. The highest BCUT2D eigenvalue weighted by atomic mass is 79.9. The summed E-state index contributed by atoms with van der Waals surface area (Å²) in [5.74, 6) is 0. The summed E-state index contributed by atoms with van der Waals surface area (Å²) in [6.45, 7) is 2.46. The molecule has 3 aromatic carbocycles. The van der Waals surface area contributed by atoms with Crippen LogP contribution in [0, 0.1) is 0 Å². The zero-order chi connectivity index (χ0) is 17.1. The van der Waals surface area contributed by atoms with Crippen molar-refractivity contribution in [2.24, 2.45) is 0 Å². The first-order chi connectivity index (χ1) is 12.3. The van der Waals surface area contributed by atoms with Gasteiger partial charge in [0.15, 0.2) is 0 Å². The minimum atomic E-state index is -0.0288. The Morgan fingerprint density at radius 3 is 2.52 bits per heavy atom. The second-order valence-electron chi connectivity index (χ2n) is 6.70. The standard InChI is InChI=1S/C22H22BrNO/c23-20-9-4-8-19(15-20)22(11-13-25-14-12-22)24-16-18-7-3-6-17-5-1-2-10-21(17)18/h1-10,15,24H,11-14,16H2. The molecule has 1 N–H and O–H groups in total. The summed E-state index contributed by atoms with van der Waals surface area (Å²) >= 11 is 3.62. The van der Waals surface area contributed by atoms with Gasteiger partial charge in [0.25, 0.3) is 0 Å². The summed E-state index contributed by atoms with van der Waals surface area (Å²) in [6.07, 6.45) is 1.99. The summed E-state index contributed by atoms with van der Waals surface area (Å²) in [5.41, 5.74) is 2.66. The first kappa shape index (κ1) is 16.8. The van der Waals surface area contributed by atoms with Crippen molar-refractivity contribution in [3.05, 3.63) is 82.3 Å². The molecule has 1 heterocycles. The molecule has 0 aliphatic carbocycles. The van der Waals surface area contributed by atoms with Crippen LogP contribution in [0.25, 0.3) is 10.8 Å². The molecule has 1 saturated heterocycles. The van der Waals surface area contributed by atoms with Crippen molar-refractivity contribution in [1.29, 1.82) is 0 Å². The van der Waals surface area contributed by atoms with Crippen LogP contribution in [0.5, 0.6) is 0 Å². The molecular formula is C22H22BrNO. The molecule has 128 valence electrons. The predicted octanol–water partition coefficient (Wildman–Crippen LogP) is 5.40. The Hall–Kier alpha value is -1.68. The van der Waals surface area contributed by atoms with Crippen LogP contribution in [-0.4, -0.2) is 13.2 Å². The molecule has 0 spiro atoms. The van der Waals surface area contributed by atoms with Crippen molar-refractivity contribution < 1.29 is 4.74 Å². The van der Waals surface area contributed by atoms with E-state index in [0.717, 1.165) is 37.1 Å². The molecule has 0 amide bonds. The van der Waals surface area contributed by atoms with Crippen LogP contribution in [0.4, 0.5) is 0 Å². The molecule has 4 rings (SSSR count). The van der Waals surface area contributed by atoms with Gasteiger partial charge in [-0.3, -0.25) is 0 Å². The Morgan fingerprint density at radius 1 is 0.920 bits per heavy atom. The van der Waals surface area contributed by atoms with Crippen LogP contribution < -0.4 is 5.32 Å². The summed E-state index contributed by atoms with van der Waals surface area (Å²) in [7, 11) is 0. The lowest BCUT2D eigenvalue weighted by Crippen LogP contribution is -2.46. The fraction of sp³-hybridized carbons (Fsp3) is 0.273. The number of fused-ring (bicyclic) bond motifs is 1. The van der Waals surface area contributed by atoms with Gasteiger partial charge < -0.3 is 10.1 Å². The molecule has 0 bridgehead atoms. The van der Waals surface area contributed by atoms with Crippen LogP contribution >= 0.6 is 15.9 Å². The second kappa shape index (κ2) is 7.28. The highest BCUT2D eigenvalue weighted by Crippen LogP contribution is 2.34. The molecule has 1 aliphatic heterocycles. The van der Waals surface area contributed by atoms with Crippen molar-refractivity contribution >= 4 is 26.7 Å². The number of ether oxygens (including phenoxy) is 1. The zero-order valence-electron chi connectivity index (χ0n) is 14.2. The average molecular weight is 396 g/mol. The van der Waals surface area contributed by atoms with Gasteiger partial charge in [-0.15, -0.1) is 0 Å². The van der Waals surface area contributed by atoms with Gasteiger partial charge >= 0.3 is 0 Å². The Labute approximate surface area is 157 Å². The summed E-state index contributed by atoms with van der Waals surface area (Å²) in [4.78, 5) is 0. The third kappa shape index (κ3) is 3.50. The third-order valence-corrected chi connectivity index (χ3v) is 5.71. The van der Waals surface area contributed by atoms with Crippen LogP contribution in [0.1, 0.15) is 24.0 Å². The first-order valence-corrected chi connectivity index (χ1v) is 9.62. The lowest BCUT2D eigenvalue weighted by Gasteiger charge is -2.39. The quantitative estimate of drug-likeness (QED) is 0.638. The van der Waals surface area contributed by atoms with Crippen LogP contribution in [-0.2, 0) is 16.8 Å². The summed E-state index contributed by atoms with van der Waals surface area (Å²) < 4.78 is 6.77. The predicted molar refractivity (Wildman–Crippen MR) is 107 cm³/mol. The van der Waals surface area contributed by atoms with Crippen molar-refractivity contribution in [2.45, 2.75) is 24.9 Å². The van der Waals surface area contributed by atoms with E-state index < -0.39 is 0 Å². The Balaban J connectivity index is 1.65. The van der Waals surface area contributed by atoms with Gasteiger partial charge in [-0.2, -0.15) is 0 Å². The van der Waals surface area contributed by atoms with E-state index in [9.17, 15) is 0 Å². The lowest BCUT2D eigenvalue weighted by atomic mass is 9.82. The Morgan fingerprint density at radius 2 is 1.68 bits per heavy atom. The number of halogens is 1. The van der Waals surface area contributed by atoms with Gasteiger partial charge in [0.05, 0.1) is 0 Å². The van der Waals surface area contributed by atoms with Crippen LogP contribution in [0.2, 0.25) is 0 Å². The van der Waals surface area contributed by atoms with Crippen molar-refractivity contribution in [1.82, 2.24) is 5.32 Å². The number of rotatable bonds is 4. The average Bonchev–Trinajstić information content (AvgIpc) is 2.67. The van der Waals surface area contributed by atoms with E-state index in [0.29, 0.717) is 0 Å². The molecule has 3 aromatic rings. The molecule has 0 aromatic heterocycles. The maximum Gasteiger partial charge on any atom is 0.0486 e. The summed E-state index contributed by atoms with van der Waals surface area (Å²) in [5, 5.41) is 6.51. The van der Waals surface area contributed by atoms with Crippen LogP contribution in [0.3, 0.4) is 0 Å². The van der Waals surface area contributed by atoms with Crippen molar-refractivity contribution in [3.63, 3.8) is 0 Å². The Kier molecular flexibility index (Phi) is 4.89. The van der Waals surface area contributed by atoms with Crippen molar-refractivity contribution in [2.75, 3.05) is 13.2 Å². The topological polar surface area (TPSA) is 21.3 Å². The van der Waals surface area contributed by atoms with E-state index in [4.69, 9.17) is 4.74 Å². The SMILES string of the molecule is Brc1cccc(C2(NCc3cccc4ccccc34)CCOCC2)c1. The molecule has 25 heavy (non-hydrogen) atoms. The molecule has 3 heteroatoms. The summed E-state index contributed by atoms with van der Waals surface area (Å²) in [6, 6.07) is 23.8. The molecular weight excluding hydrogens is 374 g/mol. The molecule has 0 radical (unpaired) electrons. The van der Waals surface area contributed by atoms with E-state index in [1.807, 2.05) is 0 Å². The smallest absolute Gasteiger partial charge is 0.0486 e. The number of benzene rings is 3. The fourth-order valence-corrected chi connectivity index (χ4v) is 4.18. The molecule has 0 saturated carbocycles. The minimum Gasteiger partial charge on any atom is -0.381 e. The molecule has 2 nitrogen and oxygen atoms in total.